The predicted molar refractivity (Wildman–Crippen MR) is 74.1 cm³/mol. The van der Waals surface area contributed by atoms with Gasteiger partial charge in [0.25, 0.3) is 12.1 Å². The van der Waals surface area contributed by atoms with Gasteiger partial charge < -0.3 is 5.32 Å². The van der Waals surface area contributed by atoms with Crippen LogP contribution >= 0.6 is 0 Å². The Bertz CT molecular complexity index is 485. The van der Waals surface area contributed by atoms with Crippen LogP contribution in [0.4, 0.5) is 14.5 Å². The lowest BCUT2D eigenvalue weighted by Crippen LogP contribution is -2.40. The Labute approximate surface area is 117 Å². The fourth-order valence-corrected chi connectivity index (χ4v) is 2.15. The monoisotopic (exact) mass is 286 g/mol. The van der Waals surface area contributed by atoms with Crippen molar-refractivity contribution < 1.29 is 13.7 Å². The number of nitro benzene ring substituents is 1. The fourth-order valence-electron chi connectivity index (χ4n) is 2.15. The summed E-state index contributed by atoms with van der Waals surface area (Å²) in [6.07, 6.45) is -2.32. The lowest BCUT2D eigenvalue weighted by molar-refractivity contribution is -0.385. The minimum absolute atomic E-state index is 0.00135. The van der Waals surface area contributed by atoms with Gasteiger partial charge in [0.15, 0.2) is 0 Å². The highest BCUT2D eigenvalue weighted by Crippen LogP contribution is 2.30. The van der Waals surface area contributed by atoms with Gasteiger partial charge in [0.1, 0.15) is 0 Å². The van der Waals surface area contributed by atoms with Crippen molar-refractivity contribution >= 4 is 5.69 Å². The highest BCUT2D eigenvalue weighted by molar-refractivity contribution is 5.41. The summed E-state index contributed by atoms with van der Waals surface area (Å²) in [6.45, 7) is 6.05. The van der Waals surface area contributed by atoms with E-state index in [-0.39, 0.29) is 22.7 Å². The van der Waals surface area contributed by atoms with Crippen LogP contribution in [-0.4, -0.2) is 18.0 Å². The first-order chi connectivity index (χ1) is 9.16. The molecule has 0 fully saturated rings. The molecule has 0 spiro atoms. The smallest absolute Gasteiger partial charge is 0.269 e. The van der Waals surface area contributed by atoms with Gasteiger partial charge in [-0.1, -0.05) is 26.8 Å². The molecule has 6 heteroatoms. The number of hydrogen-bond acceptors (Lipinski definition) is 3. The Morgan fingerprint density at radius 3 is 2.35 bits per heavy atom. The highest BCUT2D eigenvalue weighted by atomic mass is 19.3. The average Bonchev–Trinajstić information content (AvgIpc) is 2.33. The van der Waals surface area contributed by atoms with Gasteiger partial charge in [0.05, 0.1) is 4.92 Å². The quantitative estimate of drug-likeness (QED) is 0.663. The summed E-state index contributed by atoms with van der Waals surface area (Å²) in [4.78, 5) is 10.0. The maximum absolute atomic E-state index is 13.1. The molecule has 0 amide bonds. The van der Waals surface area contributed by atoms with Crippen LogP contribution in [0.25, 0.3) is 0 Å². The Hall–Kier alpha value is -1.56. The van der Waals surface area contributed by atoms with Crippen molar-refractivity contribution in [2.75, 3.05) is 7.05 Å². The molecule has 0 aliphatic heterocycles. The van der Waals surface area contributed by atoms with Crippen molar-refractivity contribution in [3.63, 3.8) is 0 Å². The molecule has 112 valence electrons. The molecular weight excluding hydrogens is 266 g/mol. The summed E-state index contributed by atoms with van der Waals surface area (Å²) in [5, 5.41) is 13.8. The molecule has 0 heterocycles. The highest BCUT2D eigenvalue weighted by Gasteiger charge is 2.26. The normalized spacial score (nSPS) is 13.6. The molecule has 0 aromatic heterocycles. The standard InChI is InChI=1S/C14H20F2N2O2/c1-14(2,3)12(17-4)7-9-5-6-10(18(19)20)8-11(9)13(15)16/h5-6,8,12-13,17H,7H2,1-4H3. The number of rotatable bonds is 5. The van der Waals surface area contributed by atoms with Gasteiger partial charge in [-0.25, -0.2) is 8.78 Å². The molecule has 0 aliphatic carbocycles. The number of benzene rings is 1. The maximum atomic E-state index is 13.1. The van der Waals surface area contributed by atoms with Crippen molar-refractivity contribution in [3.8, 4) is 0 Å². The van der Waals surface area contributed by atoms with Crippen molar-refractivity contribution in [3.05, 3.63) is 39.4 Å². The van der Waals surface area contributed by atoms with E-state index in [1.807, 2.05) is 20.8 Å². The number of nitrogens with one attached hydrogen (secondary N) is 1. The maximum Gasteiger partial charge on any atom is 0.269 e. The number of nitrogens with zero attached hydrogens (tertiary/aromatic N) is 1. The third kappa shape index (κ3) is 3.96. The number of hydrogen-bond donors (Lipinski definition) is 1. The van der Waals surface area contributed by atoms with Crippen molar-refractivity contribution in [2.24, 2.45) is 5.41 Å². The van der Waals surface area contributed by atoms with Crippen molar-refractivity contribution in [1.82, 2.24) is 5.32 Å². The van der Waals surface area contributed by atoms with E-state index in [9.17, 15) is 18.9 Å². The van der Waals surface area contributed by atoms with Crippen LogP contribution in [0, 0.1) is 15.5 Å². The molecule has 1 aromatic carbocycles. The molecule has 1 unspecified atom stereocenters. The summed E-state index contributed by atoms with van der Waals surface area (Å²) in [5.41, 5.74) is -0.222. The Balaban J connectivity index is 3.14. The van der Waals surface area contributed by atoms with Crippen LogP contribution in [-0.2, 0) is 6.42 Å². The Morgan fingerprint density at radius 2 is 1.95 bits per heavy atom. The van der Waals surface area contributed by atoms with Crippen LogP contribution in [0.3, 0.4) is 0 Å². The molecule has 1 rings (SSSR count). The molecule has 0 aliphatic rings. The molecule has 0 radical (unpaired) electrons. The minimum Gasteiger partial charge on any atom is -0.316 e. The first-order valence-electron chi connectivity index (χ1n) is 6.39. The second-order valence-corrected chi connectivity index (χ2v) is 5.85. The van der Waals surface area contributed by atoms with Gasteiger partial charge >= 0.3 is 0 Å². The second kappa shape index (κ2) is 6.26. The van der Waals surface area contributed by atoms with Gasteiger partial charge in [-0.2, -0.15) is 0 Å². The zero-order valence-electron chi connectivity index (χ0n) is 12.1. The summed E-state index contributed by atoms with van der Waals surface area (Å²) >= 11 is 0. The SMILES string of the molecule is CNC(Cc1ccc([N+](=O)[O-])cc1C(F)F)C(C)(C)C. The van der Waals surface area contributed by atoms with Crippen LogP contribution in [0.1, 0.15) is 38.3 Å². The van der Waals surface area contributed by atoms with E-state index in [1.165, 1.54) is 12.1 Å². The first kappa shape index (κ1) is 16.5. The molecule has 0 saturated carbocycles. The van der Waals surface area contributed by atoms with E-state index >= 15 is 0 Å². The Morgan fingerprint density at radius 1 is 1.35 bits per heavy atom. The summed E-state index contributed by atoms with van der Waals surface area (Å²) in [7, 11) is 1.78. The van der Waals surface area contributed by atoms with Gasteiger partial charge in [-0.05, 0) is 24.4 Å². The lowest BCUT2D eigenvalue weighted by atomic mass is 9.82. The van der Waals surface area contributed by atoms with E-state index in [1.54, 1.807) is 7.05 Å². The number of nitro groups is 1. The third-order valence-corrected chi connectivity index (χ3v) is 3.39. The van der Waals surface area contributed by atoms with E-state index in [4.69, 9.17) is 0 Å². The minimum atomic E-state index is -2.72. The van der Waals surface area contributed by atoms with Crippen LogP contribution in [0.15, 0.2) is 18.2 Å². The van der Waals surface area contributed by atoms with E-state index in [0.29, 0.717) is 12.0 Å². The first-order valence-corrected chi connectivity index (χ1v) is 6.39. The molecule has 4 nitrogen and oxygen atoms in total. The average molecular weight is 286 g/mol. The molecule has 0 saturated heterocycles. The van der Waals surface area contributed by atoms with E-state index in [0.717, 1.165) is 6.07 Å². The summed E-state index contributed by atoms with van der Waals surface area (Å²) in [5.74, 6) is 0. The molecule has 1 N–H and O–H groups in total. The largest absolute Gasteiger partial charge is 0.316 e. The fraction of sp³-hybridized carbons (Fsp3) is 0.571. The van der Waals surface area contributed by atoms with Crippen LogP contribution in [0.5, 0.6) is 0 Å². The Kier molecular flexibility index (Phi) is 5.16. The number of halogens is 2. The topological polar surface area (TPSA) is 55.2 Å². The van der Waals surface area contributed by atoms with Gasteiger partial charge in [0.2, 0.25) is 0 Å². The number of alkyl halides is 2. The number of non-ortho nitro benzene ring substituents is 1. The molecule has 20 heavy (non-hydrogen) atoms. The molecule has 1 aromatic rings. The van der Waals surface area contributed by atoms with Gasteiger partial charge in [0, 0.05) is 23.7 Å². The summed E-state index contributed by atoms with van der Waals surface area (Å²) in [6, 6.07) is 3.67. The zero-order chi connectivity index (χ0) is 15.5. The van der Waals surface area contributed by atoms with Crippen molar-refractivity contribution in [1.29, 1.82) is 0 Å². The van der Waals surface area contributed by atoms with E-state index < -0.39 is 11.3 Å². The number of likely N-dealkylation sites (N-methyl/N-ethyl adjacent to an activating group) is 1. The molecular formula is C14H20F2N2O2. The van der Waals surface area contributed by atoms with Crippen LogP contribution in [0.2, 0.25) is 0 Å². The second-order valence-electron chi connectivity index (χ2n) is 5.85. The van der Waals surface area contributed by atoms with Crippen molar-refractivity contribution in [2.45, 2.75) is 39.7 Å². The van der Waals surface area contributed by atoms with Gasteiger partial charge in [-0.3, -0.25) is 10.1 Å². The van der Waals surface area contributed by atoms with E-state index in [2.05, 4.69) is 5.32 Å². The van der Waals surface area contributed by atoms with Gasteiger partial charge in [-0.15, -0.1) is 0 Å². The third-order valence-electron chi connectivity index (χ3n) is 3.39. The lowest BCUT2D eigenvalue weighted by Gasteiger charge is -2.31. The van der Waals surface area contributed by atoms with Crippen LogP contribution < -0.4 is 5.32 Å². The molecule has 1 atom stereocenters. The zero-order valence-corrected chi connectivity index (χ0v) is 12.1. The summed E-state index contributed by atoms with van der Waals surface area (Å²) < 4.78 is 26.2. The predicted octanol–water partition coefficient (Wildman–Crippen LogP) is 3.71. The molecule has 0 bridgehead atoms.